The Balaban J connectivity index is -0.000000215. The van der Waals surface area contributed by atoms with Crippen molar-refractivity contribution in [1.82, 2.24) is 0 Å². The van der Waals surface area contributed by atoms with Gasteiger partial charge in [-0.15, -0.1) is 0 Å². The maximum atomic E-state index is 8.22. The zero-order chi connectivity index (χ0) is 17.3. The average molecular weight is 389 g/mol. The second kappa shape index (κ2) is 23.5. The van der Waals surface area contributed by atoms with Gasteiger partial charge >= 0.3 is 0 Å². The molecule has 0 saturated carbocycles. The zero-order valence-corrected chi connectivity index (χ0v) is 18.9. The molecule has 0 spiro atoms. The Morgan fingerprint density at radius 1 is 0.708 bits per heavy atom. The molecule has 24 heavy (non-hydrogen) atoms. The molecule has 152 valence electrons. The normalized spacial score (nSPS) is 10.5. The maximum absolute atomic E-state index is 8.22. The van der Waals surface area contributed by atoms with E-state index in [1.54, 1.807) is 0 Å². The summed E-state index contributed by atoms with van der Waals surface area (Å²) in [5.74, 6) is 0. The van der Waals surface area contributed by atoms with E-state index in [2.05, 4.69) is 28.1 Å². The third-order valence-electron chi connectivity index (χ3n) is 3.79. The van der Waals surface area contributed by atoms with Crippen molar-refractivity contribution in [2.75, 3.05) is 54.9 Å². The van der Waals surface area contributed by atoms with E-state index in [0.717, 1.165) is 11.0 Å². The quantitative estimate of drug-likeness (QED) is 0.251. The Bertz CT molecular complexity index is 210. The molecule has 0 aromatic heterocycles. The van der Waals surface area contributed by atoms with Crippen molar-refractivity contribution in [3.63, 3.8) is 0 Å². The molecule has 0 aliphatic heterocycles. The van der Waals surface area contributed by atoms with Gasteiger partial charge in [0.2, 0.25) is 0 Å². The van der Waals surface area contributed by atoms with Crippen molar-refractivity contribution < 1.29 is 39.3 Å². The van der Waals surface area contributed by atoms with E-state index in [9.17, 15) is 0 Å². The number of hydrogen-bond acceptors (Lipinski definition) is 1. The first kappa shape index (κ1) is 32.2. The van der Waals surface area contributed by atoms with E-state index in [0.29, 0.717) is 6.61 Å². The molecule has 2 N–H and O–H groups in total. The molecular weight excluding hydrogens is 343 g/mol. The lowest BCUT2D eigenvalue weighted by Gasteiger charge is -2.23. The number of unbranched alkanes of at least 4 members (excludes halogenated alkanes) is 9. The van der Waals surface area contributed by atoms with Crippen molar-refractivity contribution in [2.24, 2.45) is 0 Å². The number of hydrogen-bond donors (Lipinski definition) is 2. The topological polar surface area (TPSA) is 24.7 Å². The summed E-state index contributed by atoms with van der Waals surface area (Å²) in [7, 11) is 10.9. The van der Waals surface area contributed by atoms with Crippen LogP contribution in [0.4, 0.5) is 0 Å². The van der Waals surface area contributed by atoms with Crippen LogP contribution >= 0.6 is 0 Å². The Kier molecular flexibility index (Phi) is 31.4. The Morgan fingerprint density at radius 3 is 1.33 bits per heavy atom. The van der Waals surface area contributed by atoms with Gasteiger partial charge in [-0.1, -0.05) is 58.3 Å². The highest BCUT2D eigenvalue weighted by molar-refractivity contribution is 4.47. The summed E-state index contributed by atoms with van der Waals surface area (Å²) in [5.41, 5.74) is 0. The molecule has 0 heterocycles. The largest absolute Gasteiger partial charge is 1.00 e. The first-order valence-corrected chi connectivity index (χ1v) is 9.53. The number of nitrogens with one attached hydrogen (secondary N) is 1. The van der Waals surface area contributed by atoms with Crippen LogP contribution in [0.2, 0.25) is 0 Å². The van der Waals surface area contributed by atoms with Crippen LogP contribution in [0.25, 0.3) is 0 Å². The van der Waals surface area contributed by atoms with Crippen molar-refractivity contribution in [3.05, 3.63) is 0 Å². The Labute approximate surface area is 165 Å². The van der Waals surface area contributed by atoms with Crippen molar-refractivity contribution in [3.8, 4) is 0 Å². The summed E-state index contributed by atoms with van der Waals surface area (Å²) in [6.07, 6.45) is 14.4. The van der Waals surface area contributed by atoms with E-state index in [4.69, 9.17) is 5.11 Å². The van der Waals surface area contributed by atoms with Crippen LogP contribution in [-0.4, -0.2) is 64.5 Å². The van der Waals surface area contributed by atoms with E-state index in [-0.39, 0.29) is 24.8 Å². The third kappa shape index (κ3) is 38.2. The van der Waals surface area contributed by atoms with Crippen LogP contribution < -0.4 is 29.7 Å². The molecule has 0 aromatic carbocycles. The molecule has 0 amide bonds. The number of aliphatic hydroxyl groups excluding tert-OH is 1. The van der Waals surface area contributed by atoms with Crippen molar-refractivity contribution >= 4 is 0 Å². The highest BCUT2D eigenvalue weighted by Crippen LogP contribution is 2.10. The van der Waals surface area contributed by atoms with Crippen LogP contribution in [-0.2, 0) is 0 Å². The molecular formula is C19H46Cl2N2O. The molecule has 0 rings (SSSR count). The minimum atomic E-state index is 0. The molecule has 0 aliphatic rings. The van der Waals surface area contributed by atoms with E-state index in [1.807, 2.05) is 14.1 Å². The fraction of sp³-hybridized carbons (Fsp3) is 1.00. The predicted molar refractivity (Wildman–Crippen MR) is 99.5 cm³/mol. The molecule has 0 aromatic rings. The van der Waals surface area contributed by atoms with Gasteiger partial charge in [0.15, 0.2) is 0 Å². The van der Waals surface area contributed by atoms with Gasteiger partial charge in [0.25, 0.3) is 0 Å². The molecule has 5 heteroatoms. The summed E-state index contributed by atoms with van der Waals surface area (Å²) < 4.78 is 1.12. The average Bonchev–Trinajstić information content (AvgIpc) is 2.40. The van der Waals surface area contributed by atoms with Gasteiger partial charge < -0.3 is 39.3 Å². The van der Waals surface area contributed by atoms with Crippen LogP contribution in [0.15, 0.2) is 0 Å². The molecule has 0 aliphatic carbocycles. The summed E-state index contributed by atoms with van der Waals surface area (Å²) >= 11 is 0. The minimum absolute atomic E-state index is 0. The maximum Gasteiger partial charge on any atom is 0.100 e. The predicted octanol–water partition coefficient (Wildman–Crippen LogP) is -3.26. The van der Waals surface area contributed by atoms with Gasteiger partial charge in [-0.05, 0) is 12.8 Å². The zero-order valence-electron chi connectivity index (χ0n) is 17.3. The van der Waals surface area contributed by atoms with Gasteiger partial charge in [0.05, 0.1) is 48.4 Å². The van der Waals surface area contributed by atoms with E-state index >= 15 is 0 Å². The number of likely N-dealkylation sites (N-methyl/N-ethyl adjacent to an activating group) is 1. The fourth-order valence-electron chi connectivity index (χ4n) is 2.30. The SMILES string of the molecule is CCCCCCCCCCCC[N+](C)(C)C.C[NH+](C)CCO.[Cl-].[Cl-]. The summed E-state index contributed by atoms with van der Waals surface area (Å²) in [6.45, 7) is 4.76. The van der Waals surface area contributed by atoms with Crippen LogP contribution in [0, 0.1) is 0 Å². The highest BCUT2D eigenvalue weighted by atomic mass is 35.5. The lowest BCUT2D eigenvalue weighted by molar-refractivity contribution is -0.870. The lowest BCUT2D eigenvalue weighted by Crippen LogP contribution is -3.06. The molecule has 0 bridgehead atoms. The first-order chi connectivity index (χ1) is 10.3. The van der Waals surface area contributed by atoms with Gasteiger partial charge in [0, 0.05) is 0 Å². The molecule has 0 fully saturated rings. The molecule has 0 radical (unpaired) electrons. The van der Waals surface area contributed by atoms with Crippen LogP contribution in [0.3, 0.4) is 0 Å². The molecule has 0 unspecified atom stereocenters. The fourth-order valence-corrected chi connectivity index (χ4v) is 2.30. The summed E-state index contributed by atoms with van der Waals surface area (Å²) in [6, 6.07) is 0. The smallest absolute Gasteiger partial charge is 0.100 e. The number of aliphatic hydroxyl groups is 1. The molecule has 0 saturated heterocycles. The molecule has 3 nitrogen and oxygen atoms in total. The van der Waals surface area contributed by atoms with Gasteiger partial charge in [-0.2, -0.15) is 0 Å². The minimum Gasteiger partial charge on any atom is -1.00 e. The second-order valence-corrected chi connectivity index (χ2v) is 7.88. The number of halogens is 2. The van der Waals surface area contributed by atoms with Crippen LogP contribution in [0.5, 0.6) is 0 Å². The van der Waals surface area contributed by atoms with E-state index < -0.39 is 0 Å². The third-order valence-corrected chi connectivity index (χ3v) is 3.79. The monoisotopic (exact) mass is 388 g/mol. The summed E-state index contributed by atoms with van der Waals surface area (Å²) in [5, 5.41) is 8.22. The summed E-state index contributed by atoms with van der Waals surface area (Å²) in [4.78, 5) is 1.29. The van der Waals surface area contributed by atoms with E-state index in [1.165, 1.54) is 75.7 Å². The number of nitrogens with zero attached hydrogens (tertiary/aromatic N) is 1. The Hall–Kier alpha value is 0.460. The first-order valence-electron chi connectivity index (χ1n) is 9.53. The van der Waals surface area contributed by atoms with Gasteiger partial charge in [-0.3, -0.25) is 0 Å². The van der Waals surface area contributed by atoms with Gasteiger partial charge in [-0.25, -0.2) is 0 Å². The van der Waals surface area contributed by atoms with Crippen molar-refractivity contribution in [1.29, 1.82) is 0 Å². The second-order valence-electron chi connectivity index (χ2n) is 7.88. The molecule has 0 atom stereocenters. The highest BCUT2D eigenvalue weighted by Gasteiger charge is 2.04. The van der Waals surface area contributed by atoms with Crippen LogP contribution in [0.1, 0.15) is 71.1 Å². The number of quaternary nitrogens is 2. The number of rotatable bonds is 13. The van der Waals surface area contributed by atoms with Crippen molar-refractivity contribution in [2.45, 2.75) is 71.1 Å². The standard InChI is InChI=1S/C15H34N.C4H11NO.2ClH/c1-5-6-7-8-9-10-11-12-13-14-15-16(2,3)4;1-5(2)3-4-6;;/h5-15H2,1-4H3;6H,3-4H2,1-2H3;2*1H/q+1;;;/p-1. The lowest BCUT2D eigenvalue weighted by atomic mass is 10.1. The van der Waals surface area contributed by atoms with Gasteiger partial charge in [0.1, 0.15) is 6.54 Å². The Morgan fingerprint density at radius 2 is 1.08 bits per heavy atom.